The number of pyridine rings is 1. The molecule has 1 aliphatic rings. The van der Waals surface area contributed by atoms with Crippen molar-refractivity contribution in [2.24, 2.45) is 11.7 Å². The van der Waals surface area contributed by atoms with Crippen molar-refractivity contribution in [3.05, 3.63) is 59.1 Å². The van der Waals surface area contributed by atoms with Crippen LogP contribution in [-0.2, 0) is 4.74 Å². The molecule has 1 aliphatic heterocycles. The maximum atomic E-state index is 14.7. The van der Waals surface area contributed by atoms with E-state index in [9.17, 15) is 14.0 Å². The number of aromatic nitrogens is 2. The number of methoxy groups -OCH3 is 1. The Hall–Kier alpha value is -3.37. The number of carbonyl (C=O) groups is 2. The fourth-order valence-electron chi connectivity index (χ4n) is 3.81. The number of amides is 1. The van der Waals surface area contributed by atoms with Crippen LogP contribution in [0.4, 0.5) is 15.8 Å². The number of nitrogens with two attached hydrogens (primary N) is 1. The molecule has 3 aromatic rings. The summed E-state index contributed by atoms with van der Waals surface area (Å²) in [5, 5.41) is 4.94. The Morgan fingerprint density at radius 2 is 2.09 bits per heavy atom. The molecule has 0 radical (unpaired) electrons. The van der Waals surface area contributed by atoms with Gasteiger partial charge in [-0.1, -0.05) is 6.07 Å². The standard InChI is InChI=1S/C23H24FN5O3S/c1-32-23(31)16-9-15(11-26-12-16)22-28-19(13-33-22)21(30)27-18-4-2-3-17(24)20(18)29-7-5-14(10-25)6-8-29/h2-4,9,11-14H,5-8,10,25H2,1H3,(H,27,30). The summed E-state index contributed by atoms with van der Waals surface area (Å²) in [6.45, 7) is 1.98. The molecule has 172 valence electrons. The quantitative estimate of drug-likeness (QED) is 0.531. The van der Waals surface area contributed by atoms with E-state index >= 15 is 0 Å². The number of benzene rings is 1. The lowest BCUT2D eigenvalue weighted by molar-refractivity contribution is 0.0600. The SMILES string of the molecule is COC(=O)c1cncc(-c2nc(C(=O)Nc3cccc(F)c3N3CCC(CN)CC3)cs2)c1. The second-order valence-electron chi connectivity index (χ2n) is 7.75. The fraction of sp³-hybridized carbons (Fsp3) is 0.304. The molecule has 0 bridgehead atoms. The number of thiazole rings is 1. The average molecular weight is 470 g/mol. The molecule has 1 saturated heterocycles. The zero-order valence-electron chi connectivity index (χ0n) is 18.1. The van der Waals surface area contributed by atoms with Crippen LogP contribution in [0.5, 0.6) is 0 Å². The Morgan fingerprint density at radius 1 is 1.30 bits per heavy atom. The number of carbonyl (C=O) groups excluding carboxylic acids is 2. The molecule has 0 unspecified atom stereocenters. The number of nitrogens with zero attached hydrogens (tertiary/aromatic N) is 3. The van der Waals surface area contributed by atoms with Gasteiger partial charge in [0, 0.05) is 36.4 Å². The number of rotatable bonds is 6. The minimum Gasteiger partial charge on any atom is -0.465 e. The molecule has 8 nitrogen and oxygen atoms in total. The number of ether oxygens (including phenoxy) is 1. The number of hydrogen-bond acceptors (Lipinski definition) is 8. The second kappa shape index (κ2) is 10.1. The van der Waals surface area contributed by atoms with Crippen LogP contribution in [0.15, 0.2) is 42.0 Å². The molecule has 3 N–H and O–H groups in total. The molecule has 1 aromatic carbocycles. The molecule has 2 aromatic heterocycles. The first-order chi connectivity index (χ1) is 16.0. The number of piperidine rings is 1. The zero-order chi connectivity index (χ0) is 23.4. The lowest BCUT2D eigenvalue weighted by Crippen LogP contribution is -2.37. The van der Waals surface area contributed by atoms with Gasteiger partial charge in [0.25, 0.3) is 5.91 Å². The Morgan fingerprint density at radius 3 is 2.82 bits per heavy atom. The minimum absolute atomic E-state index is 0.190. The van der Waals surface area contributed by atoms with E-state index in [1.54, 1.807) is 29.8 Å². The maximum absolute atomic E-state index is 14.7. The number of hydrogen-bond donors (Lipinski definition) is 2. The fourth-order valence-corrected chi connectivity index (χ4v) is 4.59. The summed E-state index contributed by atoms with van der Waals surface area (Å²) in [5.41, 5.74) is 7.62. The molecule has 0 saturated carbocycles. The van der Waals surface area contributed by atoms with E-state index in [1.165, 1.54) is 30.7 Å². The Bertz CT molecular complexity index is 1160. The van der Waals surface area contributed by atoms with Crippen molar-refractivity contribution in [1.29, 1.82) is 0 Å². The summed E-state index contributed by atoms with van der Waals surface area (Å²) >= 11 is 1.25. The molecule has 0 atom stereocenters. The summed E-state index contributed by atoms with van der Waals surface area (Å²) < 4.78 is 19.5. The van der Waals surface area contributed by atoms with Gasteiger partial charge in [0.1, 0.15) is 16.5 Å². The lowest BCUT2D eigenvalue weighted by Gasteiger charge is -2.34. The van der Waals surface area contributed by atoms with Crippen LogP contribution in [0.1, 0.15) is 33.7 Å². The number of esters is 1. The van der Waals surface area contributed by atoms with Crippen molar-refractivity contribution < 1.29 is 18.7 Å². The van der Waals surface area contributed by atoms with Gasteiger partial charge in [-0.15, -0.1) is 11.3 Å². The first-order valence-corrected chi connectivity index (χ1v) is 11.4. The zero-order valence-corrected chi connectivity index (χ0v) is 18.9. The molecule has 3 heterocycles. The van der Waals surface area contributed by atoms with Gasteiger partial charge in [0.15, 0.2) is 0 Å². The van der Waals surface area contributed by atoms with E-state index in [4.69, 9.17) is 10.5 Å². The van der Waals surface area contributed by atoms with Crippen LogP contribution in [0.2, 0.25) is 0 Å². The van der Waals surface area contributed by atoms with Gasteiger partial charge in [-0.05, 0) is 43.5 Å². The first-order valence-electron chi connectivity index (χ1n) is 10.5. The number of anilines is 2. The van der Waals surface area contributed by atoms with Crippen molar-refractivity contribution in [2.45, 2.75) is 12.8 Å². The highest BCUT2D eigenvalue weighted by atomic mass is 32.1. The highest BCUT2D eigenvalue weighted by Crippen LogP contribution is 2.33. The summed E-state index contributed by atoms with van der Waals surface area (Å²) in [7, 11) is 1.29. The van der Waals surface area contributed by atoms with Gasteiger partial charge >= 0.3 is 5.97 Å². The number of halogens is 1. The summed E-state index contributed by atoms with van der Waals surface area (Å²) in [5.74, 6) is -0.901. The van der Waals surface area contributed by atoms with Crippen molar-refractivity contribution >= 4 is 34.6 Å². The highest BCUT2D eigenvalue weighted by Gasteiger charge is 2.24. The number of nitrogens with one attached hydrogen (secondary N) is 1. The maximum Gasteiger partial charge on any atom is 0.339 e. The minimum atomic E-state index is -0.506. The van der Waals surface area contributed by atoms with Crippen LogP contribution in [-0.4, -0.2) is 48.6 Å². The Balaban J connectivity index is 1.53. The third-order valence-corrected chi connectivity index (χ3v) is 6.53. The monoisotopic (exact) mass is 469 g/mol. The van der Waals surface area contributed by atoms with Crippen LogP contribution in [0.25, 0.3) is 10.6 Å². The van der Waals surface area contributed by atoms with Crippen molar-refractivity contribution in [1.82, 2.24) is 9.97 Å². The third-order valence-electron chi connectivity index (χ3n) is 5.64. The van der Waals surface area contributed by atoms with E-state index in [-0.39, 0.29) is 11.5 Å². The number of para-hydroxylation sites is 1. The molecule has 0 aliphatic carbocycles. The normalized spacial score (nSPS) is 14.2. The van der Waals surface area contributed by atoms with Gasteiger partial charge in [0.2, 0.25) is 0 Å². The molecule has 1 amide bonds. The Labute approximate surface area is 194 Å². The van der Waals surface area contributed by atoms with Crippen LogP contribution >= 0.6 is 11.3 Å². The van der Waals surface area contributed by atoms with E-state index in [0.29, 0.717) is 53.1 Å². The molecule has 0 spiro atoms. The van der Waals surface area contributed by atoms with Gasteiger partial charge < -0.3 is 20.7 Å². The van der Waals surface area contributed by atoms with Gasteiger partial charge in [-0.2, -0.15) is 0 Å². The molecule has 33 heavy (non-hydrogen) atoms. The first kappa shape index (κ1) is 22.8. The van der Waals surface area contributed by atoms with Crippen molar-refractivity contribution in [3.8, 4) is 10.6 Å². The third kappa shape index (κ3) is 5.01. The Kier molecular flexibility index (Phi) is 6.95. The molecular weight excluding hydrogens is 445 g/mol. The van der Waals surface area contributed by atoms with Crippen molar-refractivity contribution in [2.75, 3.05) is 37.0 Å². The lowest BCUT2D eigenvalue weighted by atomic mass is 9.96. The van der Waals surface area contributed by atoms with E-state index in [2.05, 4.69) is 15.3 Å². The van der Waals surface area contributed by atoms with E-state index < -0.39 is 11.9 Å². The smallest absolute Gasteiger partial charge is 0.339 e. The highest BCUT2D eigenvalue weighted by molar-refractivity contribution is 7.13. The van der Waals surface area contributed by atoms with Gasteiger partial charge in [-0.25, -0.2) is 14.2 Å². The van der Waals surface area contributed by atoms with Gasteiger partial charge in [-0.3, -0.25) is 9.78 Å². The molecular formula is C23H24FN5O3S. The molecule has 10 heteroatoms. The summed E-state index contributed by atoms with van der Waals surface area (Å²) in [6.07, 6.45) is 4.72. The molecule has 4 rings (SSSR count). The largest absolute Gasteiger partial charge is 0.465 e. The summed E-state index contributed by atoms with van der Waals surface area (Å²) in [4.78, 5) is 35.0. The summed E-state index contributed by atoms with van der Waals surface area (Å²) in [6, 6.07) is 6.25. The van der Waals surface area contributed by atoms with Gasteiger partial charge in [0.05, 0.1) is 24.0 Å². The topological polar surface area (TPSA) is 110 Å². The van der Waals surface area contributed by atoms with E-state index in [1.807, 2.05) is 4.90 Å². The second-order valence-corrected chi connectivity index (χ2v) is 8.61. The average Bonchev–Trinajstić information content (AvgIpc) is 3.35. The predicted octanol–water partition coefficient (Wildman–Crippen LogP) is 3.56. The molecule has 1 fully saturated rings. The predicted molar refractivity (Wildman–Crippen MR) is 125 cm³/mol. The van der Waals surface area contributed by atoms with Crippen LogP contribution in [0, 0.1) is 11.7 Å². The van der Waals surface area contributed by atoms with Crippen LogP contribution < -0.4 is 16.0 Å². The van der Waals surface area contributed by atoms with Crippen LogP contribution in [0.3, 0.4) is 0 Å². The van der Waals surface area contributed by atoms with E-state index in [0.717, 1.165) is 12.8 Å². The van der Waals surface area contributed by atoms with Crippen molar-refractivity contribution in [3.63, 3.8) is 0 Å².